The Kier molecular flexibility index (Phi) is 3.39. The van der Waals surface area contributed by atoms with Crippen molar-refractivity contribution in [3.8, 4) is 0 Å². The molecule has 7 heteroatoms. The molecule has 2 aromatic rings. The van der Waals surface area contributed by atoms with Gasteiger partial charge >= 0.3 is 0 Å². The van der Waals surface area contributed by atoms with Gasteiger partial charge in [-0.2, -0.15) is 0 Å². The minimum atomic E-state index is -0.522. The van der Waals surface area contributed by atoms with Gasteiger partial charge in [0.1, 0.15) is 11.8 Å². The maximum Gasteiger partial charge on any atom is 0.166 e. The van der Waals surface area contributed by atoms with Crippen LogP contribution in [0.5, 0.6) is 0 Å². The van der Waals surface area contributed by atoms with Crippen LogP contribution in [0.4, 0.5) is 0 Å². The van der Waals surface area contributed by atoms with Gasteiger partial charge in [-0.25, -0.2) is 15.0 Å². The SMILES string of the molecule is CC[C@H]1OC(n2cnc3c(Cl)ncnc32)[C@](C)(Cl)[C@@H]1C. The first-order valence-electron chi connectivity index (χ1n) is 6.64. The molecule has 108 valence electrons. The summed E-state index contributed by atoms with van der Waals surface area (Å²) in [6.07, 6.45) is 3.81. The molecular formula is C13H16Cl2N4O. The van der Waals surface area contributed by atoms with Crippen molar-refractivity contribution in [2.45, 2.75) is 44.4 Å². The summed E-state index contributed by atoms with van der Waals surface area (Å²) in [5.74, 6) is 0.230. The molecule has 0 bridgehead atoms. The van der Waals surface area contributed by atoms with Gasteiger partial charge in [-0.15, -0.1) is 11.6 Å². The van der Waals surface area contributed by atoms with E-state index in [1.165, 1.54) is 6.33 Å². The number of imidazole rings is 1. The van der Waals surface area contributed by atoms with Gasteiger partial charge < -0.3 is 4.74 Å². The largest absolute Gasteiger partial charge is 0.352 e. The maximum absolute atomic E-state index is 6.74. The van der Waals surface area contributed by atoms with Crippen LogP contribution in [0.3, 0.4) is 0 Å². The lowest BCUT2D eigenvalue weighted by molar-refractivity contribution is -0.00882. The molecule has 1 aliphatic rings. The van der Waals surface area contributed by atoms with Crippen molar-refractivity contribution in [1.82, 2.24) is 19.5 Å². The Morgan fingerprint density at radius 1 is 1.40 bits per heavy atom. The Balaban J connectivity index is 2.10. The van der Waals surface area contributed by atoms with E-state index in [-0.39, 0.29) is 18.2 Å². The molecule has 1 fully saturated rings. The van der Waals surface area contributed by atoms with Crippen LogP contribution in [0.1, 0.15) is 33.4 Å². The summed E-state index contributed by atoms with van der Waals surface area (Å²) in [6.45, 7) is 6.21. The van der Waals surface area contributed by atoms with Gasteiger partial charge in [-0.05, 0) is 13.3 Å². The second-order valence-corrected chi connectivity index (χ2v) is 6.54. The van der Waals surface area contributed by atoms with Gasteiger partial charge in [0.2, 0.25) is 0 Å². The van der Waals surface area contributed by atoms with E-state index in [4.69, 9.17) is 27.9 Å². The molecule has 0 aliphatic carbocycles. The van der Waals surface area contributed by atoms with Crippen molar-refractivity contribution in [3.63, 3.8) is 0 Å². The van der Waals surface area contributed by atoms with E-state index in [1.807, 2.05) is 11.5 Å². The number of hydrogen-bond acceptors (Lipinski definition) is 4. The Morgan fingerprint density at radius 2 is 2.15 bits per heavy atom. The molecule has 0 N–H and O–H groups in total. The molecule has 0 spiro atoms. The second kappa shape index (κ2) is 4.83. The highest BCUT2D eigenvalue weighted by Gasteiger charge is 2.50. The van der Waals surface area contributed by atoms with Crippen LogP contribution in [0.2, 0.25) is 5.15 Å². The zero-order valence-corrected chi connectivity index (χ0v) is 13.1. The third kappa shape index (κ3) is 1.91. The number of alkyl halides is 1. The first kappa shape index (κ1) is 14.0. The highest BCUT2D eigenvalue weighted by Crippen LogP contribution is 2.48. The van der Waals surface area contributed by atoms with Crippen LogP contribution in [0.25, 0.3) is 11.2 Å². The van der Waals surface area contributed by atoms with E-state index in [0.717, 1.165) is 6.42 Å². The van der Waals surface area contributed by atoms with Crippen molar-refractivity contribution in [2.75, 3.05) is 0 Å². The fourth-order valence-corrected chi connectivity index (χ4v) is 3.26. The van der Waals surface area contributed by atoms with E-state index in [2.05, 4.69) is 28.8 Å². The summed E-state index contributed by atoms with van der Waals surface area (Å²) in [7, 11) is 0. The number of ether oxygens (including phenoxy) is 1. The Labute approximate surface area is 127 Å². The lowest BCUT2D eigenvalue weighted by atomic mass is 9.90. The summed E-state index contributed by atoms with van der Waals surface area (Å²) in [6, 6.07) is 0. The standard InChI is InChI=1S/C13H16Cl2N4O/c1-4-8-7(2)13(3,15)12(20-8)19-6-18-9-10(14)16-5-17-11(9)19/h5-8,12H,4H2,1-3H3/t7-,8-,12?,13-/m1/s1. The number of rotatable bonds is 2. The van der Waals surface area contributed by atoms with Crippen LogP contribution in [-0.2, 0) is 4.74 Å². The van der Waals surface area contributed by atoms with Crippen LogP contribution < -0.4 is 0 Å². The fraction of sp³-hybridized carbons (Fsp3) is 0.615. The summed E-state index contributed by atoms with van der Waals surface area (Å²) in [5.41, 5.74) is 1.21. The molecule has 4 atom stereocenters. The van der Waals surface area contributed by atoms with Gasteiger partial charge in [0, 0.05) is 5.92 Å². The molecule has 0 amide bonds. The topological polar surface area (TPSA) is 52.8 Å². The minimum absolute atomic E-state index is 0.122. The minimum Gasteiger partial charge on any atom is -0.352 e. The molecule has 20 heavy (non-hydrogen) atoms. The molecule has 2 aromatic heterocycles. The summed E-state index contributed by atoms with van der Waals surface area (Å²) >= 11 is 12.8. The molecule has 1 aliphatic heterocycles. The molecule has 3 rings (SSSR count). The molecule has 0 saturated carbocycles. The van der Waals surface area contributed by atoms with Crippen LogP contribution >= 0.6 is 23.2 Å². The highest BCUT2D eigenvalue weighted by molar-refractivity contribution is 6.33. The van der Waals surface area contributed by atoms with E-state index in [9.17, 15) is 0 Å². The zero-order valence-electron chi connectivity index (χ0n) is 11.5. The van der Waals surface area contributed by atoms with E-state index < -0.39 is 4.87 Å². The van der Waals surface area contributed by atoms with E-state index in [1.54, 1.807) is 6.33 Å². The molecule has 5 nitrogen and oxygen atoms in total. The third-order valence-electron chi connectivity index (χ3n) is 4.20. The fourth-order valence-electron chi connectivity index (χ4n) is 2.79. The van der Waals surface area contributed by atoms with E-state index >= 15 is 0 Å². The van der Waals surface area contributed by atoms with Crippen molar-refractivity contribution < 1.29 is 4.74 Å². The van der Waals surface area contributed by atoms with Crippen molar-refractivity contribution in [3.05, 3.63) is 17.8 Å². The van der Waals surface area contributed by atoms with Crippen molar-refractivity contribution in [2.24, 2.45) is 5.92 Å². The molecular weight excluding hydrogens is 299 g/mol. The van der Waals surface area contributed by atoms with Gasteiger partial charge in [0.25, 0.3) is 0 Å². The predicted molar refractivity (Wildman–Crippen MR) is 78.0 cm³/mol. The first-order chi connectivity index (χ1) is 9.46. The molecule has 1 unspecified atom stereocenters. The van der Waals surface area contributed by atoms with Gasteiger partial charge in [0.05, 0.1) is 17.3 Å². The van der Waals surface area contributed by atoms with Gasteiger partial charge in [-0.3, -0.25) is 4.57 Å². The number of halogens is 2. The Bertz CT molecular complexity index is 642. The molecule has 1 saturated heterocycles. The quantitative estimate of drug-likeness (QED) is 0.629. The zero-order chi connectivity index (χ0) is 14.5. The second-order valence-electron chi connectivity index (χ2n) is 5.36. The Hall–Kier alpha value is -0.910. The van der Waals surface area contributed by atoms with Crippen molar-refractivity contribution in [1.29, 1.82) is 0 Å². The predicted octanol–water partition coefficient (Wildman–Crippen LogP) is 3.42. The smallest absolute Gasteiger partial charge is 0.166 e. The van der Waals surface area contributed by atoms with E-state index in [0.29, 0.717) is 16.3 Å². The van der Waals surface area contributed by atoms with Crippen molar-refractivity contribution >= 4 is 34.4 Å². The summed E-state index contributed by atoms with van der Waals surface area (Å²) < 4.78 is 7.97. The summed E-state index contributed by atoms with van der Waals surface area (Å²) in [4.78, 5) is 11.9. The molecule has 3 heterocycles. The Morgan fingerprint density at radius 3 is 2.80 bits per heavy atom. The monoisotopic (exact) mass is 314 g/mol. The summed E-state index contributed by atoms with van der Waals surface area (Å²) in [5, 5.41) is 0.336. The van der Waals surface area contributed by atoms with Gasteiger partial charge in [-0.1, -0.05) is 25.4 Å². The van der Waals surface area contributed by atoms with Gasteiger partial charge in [0.15, 0.2) is 17.0 Å². The normalized spacial score (nSPS) is 34.0. The van der Waals surface area contributed by atoms with Crippen LogP contribution in [0.15, 0.2) is 12.7 Å². The van der Waals surface area contributed by atoms with Crippen LogP contribution in [-0.4, -0.2) is 30.5 Å². The molecule has 0 aromatic carbocycles. The average Bonchev–Trinajstić information content (AvgIpc) is 2.92. The number of nitrogens with zero attached hydrogens (tertiary/aromatic N) is 4. The number of aromatic nitrogens is 4. The average molecular weight is 315 g/mol. The highest BCUT2D eigenvalue weighted by atomic mass is 35.5. The lowest BCUT2D eigenvalue weighted by Gasteiger charge is -2.27. The lowest BCUT2D eigenvalue weighted by Crippen LogP contribution is -2.32. The maximum atomic E-state index is 6.74. The first-order valence-corrected chi connectivity index (χ1v) is 7.39. The number of fused-ring (bicyclic) bond motifs is 1. The number of hydrogen-bond donors (Lipinski definition) is 0. The third-order valence-corrected chi connectivity index (χ3v) is 5.01. The van der Waals surface area contributed by atoms with Crippen LogP contribution in [0, 0.1) is 5.92 Å². The molecule has 0 radical (unpaired) electrons.